The first kappa shape index (κ1) is 23.0. The van der Waals surface area contributed by atoms with Crippen LogP contribution in [0.4, 0.5) is 4.79 Å². The van der Waals surface area contributed by atoms with Crippen molar-refractivity contribution in [2.45, 2.75) is 19.4 Å². The summed E-state index contributed by atoms with van der Waals surface area (Å²) in [7, 11) is 0. The van der Waals surface area contributed by atoms with Gasteiger partial charge in [0, 0.05) is 29.2 Å². The molecular formula is C29H26N2O3S. The second kappa shape index (κ2) is 10.7. The van der Waals surface area contributed by atoms with Crippen LogP contribution < -0.4 is 4.74 Å². The minimum atomic E-state index is -0.211. The molecule has 1 aromatic heterocycles. The van der Waals surface area contributed by atoms with Gasteiger partial charge in [0.1, 0.15) is 12.4 Å². The molecule has 5 nitrogen and oxygen atoms in total. The van der Waals surface area contributed by atoms with Crippen LogP contribution in [0.15, 0.2) is 96.0 Å². The second-order valence-electron chi connectivity index (χ2n) is 8.38. The number of benzene rings is 3. The smallest absolute Gasteiger partial charge is 0.293 e. The molecule has 0 spiro atoms. The average molecular weight is 483 g/mol. The van der Waals surface area contributed by atoms with E-state index in [9.17, 15) is 9.59 Å². The van der Waals surface area contributed by atoms with Crippen LogP contribution in [0.25, 0.3) is 17.0 Å². The molecule has 35 heavy (non-hydrogen) atoms. The van der Waals surface area contributed by atoms with Crippen molar-refractivity contribution in [1.29, 1.82) is 0 Å². The van der Waals surface area contributed by atoms with Gasteiger partial charge in [-0.2, -0.15) is 0 Å². The topological polar surface area (TPSA) is 51.5 Å². The molecule has 6 heteroatoms. The molecular weight excluding hydrogens is 456 g/mol. The lowest BCUT2D eigenvalue weighted by Crippen LogP contribution is -2.29. The van der Waals surface area contributed by atoms with Crippen molar-refractivity contribution in [2.75, 3.05) is 13.2 Å². The van der Waals surface area contributed by atoms with Gasteiger partial charge >= 0.3 is 0 Å². The number of carbonyl (C=O) groups is 2. The van der Waals surface area contributed by atoms with E-state index in [1.807, 2.05) is 79.0 Å². The maximum atomic E-state index is 13.0. The van der Waals surface area contributed by atoms with Crippen LogP contribution in [0.3, 0.4) is 0 Å². The molecule has 5 rings (SSSR count). The largest absolute Gasteiger partial charge is 0.492 e. The van der Waals surface area contributed by atoms with E-state index in [0.29, 0.717) is 24.6 Å². The molecule has 0 aliphatic carbocycles. The zero-order chi connectivity index (χ0) is 24.0. The van der Waals surface area contributed by atoms with Crippen LogP contribution in [-0.4, -0.2) is 33.8 Å². The number of hydrogen-bond acceptors (Lipinski definition) is 4. The predicted molar refractivity (Wildman–Crippen MR) is 141 cm³/mol. The van der Waals surface area contributed by atoms with E-state index in [0.717, 1.165) is 46.8 Å². The minimum Gasteiger partial charge on any atom is -0.492 e. The van der Waals surface area contributed by atoms with Crippen LogP contribution in [0.5, 0.6) is 5.75 Å². The van der Waals surface area contributed by atoms with Gasteiger partial charge < -0.3 is 9.30 Å². The molecule has 0 unspecified atom stereocenters. The molecule has 0 atom stereocenters. The Morgan fingerprint density at radius 1 is 0.829 bits per heavy atom. The van der Waals surface area contributed by atoms with Gasteiger partial charge in [-0.15, -0.1) is 0 Å². The quantitative estimate of drug-likeness (QED) is 0.259. The molecule has 0 saturated carbocycles. The summed E-state index contributed by atoms with van der Waals surface area (Å²) >= 11 is 1.02. The van der Waals surface area contributed by atoms with E-state index in [1.54, 1.807) is 0 Å². The number of amides is 2. The Bertz CT molecular complexity index is 1360. The van der Waals surface area contributed by atoms with Gasteiger partial charge in [0.25, 0.3) is 11.1 Å². The fourth-order valence-electron chi connectivity index (χ4n) is 4.27. The molecule has 1 fully saturated rings. The molecule has 2 amide bonds. The van der Waals surface area contributed by atoms with Gasteiger partial charge in [0.15, 0.2) is 0 Å². The van der Waals surface area contributed by atoms with Crippen molar-refractivity contribution in [1.82, 2.24) is 9.47 Å². The van der Waals surface area contributed by atoms with Crippen molar-refractivity contribution in [2.24, 2.45) is 0 Å². The number of fused-ring (bicyclic) bond motifs is 1. The summed E-state index contributed by atoms with van der Waals surface area (Å²) < 4.78 is 8.00. The Morgan fingerprint density at radius 2 is 1.54 bits per heavy atom. The van der Waals surface area contributed by atoms with Crippen molar-refractivity contribution in [3.63, 3.8) is 0 Å². The van der Waals surface area contributed by atoms with E-state index in [2.05, 4.69) is 22.8 Å². The SMILES string of the molecule is O=C1S/C(=C\c2cn(CCOc3ccccc3)c3ccccc23)C(=O)N1CCCc1ccccc1. The van der Waals surface area contributed by atoms with Crippen LogP contribution >= 0.6 is 11.8 Å². The van der Waals surface area contributed by atoms with Crippen molar-refractivity contribution in [3.8, 4) is 5.75 Å². The van der Waals surface area contributed by atoms with Crippen molar-refractivity contribution < 1.29 is 14.3 Å². The monoisotopic (exact) mass is 482 g/mol. The third-order valence-corrected chi connectivity index (χ3v) is 6.92. The predicted octanol–water partition coefficient (Wildman–Crippen LogP) is 6.39. The number of rotatable bonds is 9. The van der Waals surface area contributed by atoms with Crippen LogP contribution in [0.2, 0.25) is 0 Å². The molecule has 1 aliphatic heterocycles. The summed E-state index contributed by atoms with van der Waals surface area (Å²) in [6.07, 6.45) is 5.46. The number of aromatic nitrogens is 1. The first-order valence-electron chi connectivity index (χ1n) is 11.7. The van der Waals surface area contributed by atoms with E-state index < -0.39 is 0 Å². The van der Waals surface area contributed by atoms with Crippen molar-refractivity contribution in [3.05, 3.63) is 107 Å². The third kappa shape index (κ3) is 5.33. The molecule has 0 bridgehead atoms. The Kier molecular flexibility index (Phi) is 7.00. The number of carbonyl (C=O) groups excluding carboxylic acids is 2. The van der Waals surface area contributed by atoms with Gasteiger partial charge in [0.2, 0.25) is 0 Å². The van der Waals surface area contributed by atoms with Crippen molar-refractivity contribution >= 4 is 39.9 Å². The molecule has 3 aromatic carbocycles. The minimum absolute atomic E-state index is 0.200. The number of para-hydroxylation sites is 2. The molecule has 4 aromatic rings. The summed E-state index contributed by atoms with van der Waals surface area (Å²) in [5.41, 5.74) is 3.20. The number of hydrogen-bond donors (Lipinski definition) is 0. The molecule has 1 saturated heterocycles. The highest BCUT2D eigenvalue weighted by Crippen LogP contribution is 2.34. The lowest BCUT2D eigenvalue weighted by Gasteiger charge is -2.12. The highest BCUT2D eigenvalue weighted by molar-refractivity contribution is 8.18. The van der Waals surface area contributed by atoms with Gasteiger partial charge in [-0.3, -0.25) is 14.5 Å². The van der Waals surface area contributed by atoms with Gasteiger partial charge in [-0.25, -0.2) is 0 Å². The number of imide groups is 1. The number of thioether (sulfide) groups is 1. The van der Waals surface area contributed by atoms with Gasteiger partial charge in [-0.1, -0.05) is 66.7 Å². The fraction of sp³-hybridized carbons (Fsp3) is 0.172. The fourth-order valence-corrected chi connectivity index (χ4v) is 5.13. The average Bonchev–Trinajstić information content (AvgIpc) is 3.37. The van der Waals surface area contributed by atoms with Gasteiger partial charge in [0.05, 0.1) is 11.4 Å². The molecule has 2 heterocycles. The summed E-state index contributed by atoms with van der Waals surface area (Å²) in [4.78, 5) is 27.4. The molecule has 0 N–H and O–H groups in total. The summed E-state index contributed by atoms with van der Waals surface area (Å²) in [6, 6.07) is 27.9. The first-order valence-corrected chi connectivity index (χ1v) is 12.6. The zero-order valence-corrected chi connectivity index (χ0v) is 20.1. The van der Waals surface area contributed by atoms with E-state index in [4.69, 9.17) is 4.74 Å². The Morgan fingerprint density at radius 3 is 2.34 bits per heavy atom. The number of ether oxygens (including phenoxy) is 1. The summed E-state index contributed by atoms with van der Waals surface area (Å²) in [5.74, 6) is 0.627. The highest BCUT2D eigenvalue weighted by Gasteiger charge is 2.34. The van der Waals surface area contributed by atoms with E-state index in [-0.39, 0.29) is 11.1 Å². The standard InChI is InChI=1S/C29H26N2O3S/c32-28-27(35-29(33)31(28)17-9-12-22-10-3-1-4-11-22)20-23-21-30(26-16-8-7-15-25(23)26)18-19-34-24-13-5-2-6-14-24/h1-8,10-11,13-16,20-21H,9,12,17-19H2/b27-20-. The Labute approximate surface area is 209 Å². The normalized spacial score (nSPS) is 14.9. The van der Waals surface area contributed by atoms with Crippen LogP contribution in [-0.2, 0) is 17.8 Å². The number of aryl methyl sites for hydroxylation is 1. The van der Waals surface area contributed by atoms with Crippen LogP contribution in [0.1, 0.15) is 17.5 Å². The highest BCUT2D eigenvalue weighted by atomic mass is 32.2. The molecule has 1 aliphatic rings. The third-order valence-electron chi connectivity index (χ3n) is 6.01. The van der Waals surface area contributed by atoms with E-state index >= 15 is 0 Å². The summed E-state index contributed by atoms with van der Waals surface area (Å²) in [6.45, 7) is 1.62. The molecule has 0 radical (unpaired) electrons. The first-order chi connectivity index (χ1) is 17.2. The second-order valence-corrected chi connectivity index (χ2v) is 9.37. The Balaban J connectivity index is 1.29. The lowest BCUT2D eigenvalue weighted by atomic mass is 10.1. The maximum absolute atomic E-state index is 13.0. The maximum Gasteiger partial charge on any atom is 0.293 e. The summed E-state index contributed by atoms with van der Waals surface area (Å²) in [5, 5.41) is 0.845. The van der Waals surface area contributed by atoms with Crippen LogP contribution in [0, 0.1) is 0 Å². The number of nitrogens with zero attached hydrogens (tertiary/aromatic N) is 2. The Hall–Kier alpha value is -3.77. The van der Waals surface area contributed by atoms with E-state index in [1.165, 1.54) is 10.5 Å². The molecule has 176 valence electrons. The van der Waals surface area contributed by atoms with Gasteiger partial charge in [-0.05, 0) is 54.4 Å². The lowest BCUT2D eigenvalue weighted by molar-refractivity contribution is -0.122. The zero-order valence-electron chi connectivity index (χ0n) is 19.3.